The summed E-state index contributed by atoms with van der Waals surface area (Å²) >= 11 is 6.06. The van der Waals surface area contributed by atoms with Gasteiger partial charge in [-0.2, -0.15) is 0 Å². The van der Waals surface area contributed by atoms with Crippen LogP contribution in [0.15, 0.2) is 18.2 Å². The SMILES string of the molecule is Cc1ccc(N(CCNC(=O)NC2CC2)S(C)(=O)=O)cc1Cl. The van der Waals surface area contributed by atoms with E-state index < -0.39 is 10.0 Å². The van der Waals surface area contributed by atoms with E-state index in [1.165, 1.54) is 4.31 Å². The van der Waals surface area contributed by atoms with Crippen LogP contribution in [0.4, 0.5) is 10.5 Å². The van der Waals surface area contributed by atoms with Gasteiger partial charge in [0.15, 0.2) is 0 Å². The number of nitrogens with zero attached hydrogens (tertiary/aromatic N) is 1. The molecule has 0 aromatic heterocycles. The predicted molar refractivity (Wildman–Crippen MR) is 87.9 cm³/mol. The first kappa shape index (κ1) is 16.9. The molecule has 1 aliphatic rings. The summed E-state index contributed by atoms with van der Waals surface area (Å²) in [7, 11) is -3.45. The number of amides is 2. The molecule has 2 N–H and O–H groups in total. The lowest BCUT2D eigenvalue weighted by atomic mass is 10.2. The Kier molecular flexibility index (Phi) is 5.18. The minimum absolute atomic E-state index is 0.149. The minimum Gasteiger partial charge on any atom is -0.336 e. The van der Waals surface area contributed by atoms with E-state index >= 15 is 0 Å². The van der Waals surface area contributed by atoms with Crippen molar-refractivity contribution in [3.63, 3.8) is 0 Å². The number of rotatable bonds is 6. The van der Waals surface area contributed by atoms with E-state index in [2.05, 4.69) is 10.6 Å². The summed E-state index contributed by atoms with van der Waals surface area (Å²) in [6.45, 7) is 2.22. The van der Waals surface area contributed by atoms with Crippen molar-refractivity contribution in [3.05, 3.63) is 28.8 Å². The van der Waals surface area contributed by atoms with E-state index in [1.807, 2.05) is 6.92 Å². The molecule has 2 rings (SSSR count). The Hall–Kier alpha value is -1.47. The van der Waals surface area contributed by atoms with E-state index in [0.29, 0.717) is 10.7 Å². The molecule has 1 aromatic carbocycles. The zero-order valence-electron chi connectivity index (χ0n) is 12.6. The van der Waals surface area contributed by atoms with E-state index in [9.17, 15) is 13.2 Å². The highest BCUT2D eigenvalue weighted by Crippen LogP contribution is 2.24. The third-order valence-electron chi connectivity index (χ3n) is 3.36. The Morgan fingerprint density at radius 2 is 2.09 bits per heavy atom. The molecule has 6 nitrogen and oxygen atoms in total. The molecule has 8 heteroatoms. The van der Waals surface area contributed by atoms with Crippen LogP contribution in [0.3, 0.4) is 0 Å². The number of urea groups is 1. The van der Waals surface area contributed by atoms with Crippen LogP contribution in [-0.2, 0) is 10.0 Å². The predicted octanol–water partition coefficient (Wildman–Crippen LogP) is 1.88. The van der Waals surface area contributed by atoms with Gasteiger partial charge in [-0.25, -0.2) is 13.2 Å². The first-order valence-corrected chi connectivity index (χ1v) is 9.28. The summed E-state index contributed by atoms with van der Waals surface area (Å²) in [4.78, 5) is 11.5. The first-order valence-electron chi connectivity index (χ1n) is 7.05. The molecule has 2 amide bonds. The Bertz CT molecular complexity index is 659. The second-order valence-electron chi connectivity index (χ2n) is 5.44. The fourth-order valence-electron chi connectivity index (χ4n) is 1.96. The number of nitrogens with one attached hydrogen (secondary N) is 2. The second kappa shape index (κ2) is 6.75. The van der Waals surface area contributed by atoms with E-state index in [0.717, 1.165) is 24.7 Å². The number of anilines is 1. The maximum absolute atomic E-state index is 11.9. The summed E-state index contributed by atoms with van der Waals surface area (Å²) in [5.41, 5.74) is 1.36. The molecule has 122 valence electrons. The molecule has 1 aliphatic carbocycles. The third kappa shape index (κ3) is 4.78. The van der Waals surface area contributed by atoms with Crippen molar-refractivity contribution in [3.8, 4) is 0 Å². The first-order chi connectivity index (χ1) is 10.3. The fraction of sp³-hybridized carbons (Fsp3) is 0.500. The van der Waals surface area contributed by atoms with Crippen LogP contribution in [0.25, 0.3) is 0 Å². The molecule has 22 heavy (non-hydrogen) atoms. The number of carbonyl (C=O) groups excluding carboxylic acids is 1. The molecule has 0 saturated heterocycles. The molecule has 1 aromatic rings. The monoisotopic (exact) mass is 345 g/mol. The highest BCUT2D eigenvalue weighted by molar-refractivity contribution is 7.92. The highest BCUT2D eigenvalue weighted by atomic mass is 35.5. The minimum atomic E-state index is -3.45. The van der Waals surface area contributed by atoms with Crippen molar-refractivity contribution in [2.75, 3.05) is 23.7 Å². The molecule has 0 radical (unpaired) electrons. The third-order valence-corrected chi connectivity index (χ3v) is 4.96. The summed E-state index contributed by atoms with van der Waals surface area (Å²) in [6, 6.07) is 5.08. The number of benzene rings is 1. The van der Waals surface area contributed by atoms with Gasteiger partial charge in [-0.1, -0.05) is 17.7 Å². The molecule has 0 atom stereocenters. The average molecular weight is 346 g/mol. The van der Waals surface area contributed by atoms with Crippen LogP contribution in [0.5, 0.6) is 0 Å². The summed E-state index contributed by atoms with van der Waals surface area (Å²) in [5.74, 6) is 0. The van der Waals surface area contributed by atoms with Gasteiger partial charge in [0.2, 0.25) is 10.0 Å². The van der Waals surface area contributed by atoms with Crippen LogP contribution in [-0.4, -0.2) is 39.8 Å². The van der Waals surface area contributed by atoms with Crippen LogP contribution in [0.1, 0.15) is 18.4 Å². The number of hydrogen-bond acceptors (Lipinski definition) is 3. The Balaban J connectivity index is 2.00. The average Bonchev–Trinajstić information content (AvgIpc) is 3.20. The smallest absolute Gasteiger partial charge is 0.315 e. The second-order valence-corrected chi connectivity index (χ2v) is 7.76. The molecule has 0 bridgehead atoms. The van der Waals surface area contributed by atoms with E-state index in [4.69, 9.17) is 11.6 Å². The van der Waals surface area contributed by atoms with Crippen molar-refractivity contribution in [1.29, 1.82) is 0 Å². The van der Waals surface area contributed by atoms with Gasteiger partial charge in [0.25, 0.3) is 0 Å². The van der Waals surface area contributed by atoms with Crippen molar-refractivity contribution in [2.24, 2.45) is 0 Å². The van der Waals surface area contributed by atoms with Crippen LogP contribution < -0.4 is 14.9 Å². The van der Waals surface area contributed by atoms with Crippen molar-refractivity contribution < 1.29 is 13.2 Å². The lowest BCUT2D eigenvalue weighted by Crippen LogP contribution is -2.42. The van der Waals surface area contributed by atoms with Gasteiger partial charge in [0, 0.05) is 17.6 Å². The largest absolute Gasteiger partial charge is 0.336 e. The molecule has 0 aliphatic heterocycles. The Morgan fingerprint density at radius 1 is 1.41 bits per heavy atom. The van der Waals surface area contributed by atoms with E-state index in [1.54, 1.807) is 18.2 Å². The Morgan fingerprint density at radius 3 is 2.64 bits per heavy atom. The molecule has 0 spiro atoms. The van der Waals surface area contributed by atoms with Gasteiger partial charge >= 0.3 is 6.03 Å². The quantitative estimate of drug-likeness (QED) is 0.826. The molecular formula is C14H20ClN3O3S. The van der Waals surface area contributed by atoms with Gasteiger partial charge in [0.1, 0.15) is 0 Å². The van der Waals surface area contributed by atoms with Gasteiger partial charge in [-0.05, 0) is 37.5 Å². The van der Waals surface area contributed by atoms with Gasteiger partial charge in [0.05, 0.1) is 18.5 Å². The number of hydrogen-bond donors (Lipinski definition) is 2. The standard InChI is InChI=1S/C14H20ClN3O3S/c1-10-3-6-12(9-13(10)15)18(22(2,20)21)8-7-16-14(19)17-11-4-5-11/h3,6,9,11H,4-5,7-8H2,1-2H3,(H2,16,17,19). The zero-order chi connectivity index (χ0) is 16.3. The normalized spacial score (nSPS) is 14.5. The summed E-state index contributed by atoms with van der Waals surface area (Å²) < 4.78 is 25.1. The maximum atomic E-state index is 11.9. The summed E-state index contributed by atoms with van der Waals surface area (Å²) in [5, 5.41) is 5.95. The van der Waals surface area contributed by atoms with Crippen molar-refractivity contribution >= 4 is 33.3 Å². The molecule has 0 unspecified atom stereocenters. The molecule has 1 saturated carbocycles. The van der Waals surface area contributed by atoms with Crippen LogP contribution in [0, 0.1) is 6.92 Å². The highest BCUT2D eigenvalue weighted by Gasteiger charge is 2.23. The lowest BCUT2D eigenvalue weighted by molar-refractivity contribution is 0.241. The maximum Gasteiger partial charge on any atom is 0.315 e. The number of carbonyl (C=O) groups is 1. The van der Waals surface area contributed by atoms with Gasteiger partial charge < -0.3 is 10.6 Å². The van der Waals surface area contributed by atoms with Crippen LogP contribution >= 0.6 is 11.6 Å². The molecular weight excluding hydrogens is 326 g/mol. The lowest BCUT2D eigenvalue weighted by Gasteiger charge is -2.23. The van der Waals surface area contributed by atoms with Crippen LogP contribution in [0.2, 0.25) is 5.02 Å². The number of sulfonamides is 1. The Labute approximate surface area is 135 Å². The topological polar surface area (TPSA) is 78.5 Å². The van der Waals surface area contributed by atoms with Gasteiger partial charge in [-0.15, -0.1) is 0 Å². The molecule has 1 fully saturated rings. The van der Waals surface area contributed by atoms with E-state index in [-0.39, 0.29) is 25.2 Å². The van der Waals surface area contributed by atoms with Gasteiger partial charge in [-0.3, -0.25) is 4.31 Å². The number of halogens is 1. The fourth-order valence-corrected chi connectivity index (χ4v) is 3.05. The molecule has 0 heterocycles. The zero-order valence-corrected chi connectivity index (χ0v) is 14.2. The van der Waals surface area contributed by atoms with Crippen molar-refractivity contribution in [2.45, 2.75) is 25.8 Å². The van der Waals surface area contributed by atoms with Crippen molar-refractivity contribution in [1.82, 2.24) is 10.6 Å². The summed E-state index contributed by atoms with van der Waals surface area (Å²) in [6.07, 6.45) is 3.14. The number of aryl methyl sites for hydroxylation is 1.